The predicted molar refractivity (Wildman–Crippen MR) is 96.8 cm³/mol. The predicted octanol–water partition coefficient (Wildman–Crippen LogP) is 4.21. The highest BCUT2D eigenvalue weighted by Gasteiger charge is 2.26. The zero-order chi connectivity index (χ0) is 16.1. The molecule has 1 heterocycles. The molecule has 2 amide bonds. The van der Waals surface area contributed by atoms with Gasteiger partial charge in [-0.1, -0.05) is 67.2 Å². The number of hydrogen-bond acceptors (Lipinski definition) is 3. The number of nitrogens with one attached hydrogen (secondary N) is 1. The van der Waals surface area contributed by atoms with Gasteiger partial charge in [-0.2, -0.15) is 0 Å². The molecule has 3 rings (SSSR count). The first-order chi connectivity index (χ1) is 11.2. The van der Waals surface area contributed by atoms with Gasteiger partial charge in [0.1, 0.15) is 0 Å². The molecule has 23 heavy (non-hydrogen) atoms. The van der Waals surface area contributed by atoms with Gasteiger partial charge in [0, 0.05) is 10.9 Å². The fourth-order valence-electron chi connectivity index (χ4n) is 2.31. The number of rotatable bonds is 3. The first kappa shape index (κ1) is 15.6. The number of nitrogens with zero attached hydrogens (tertiary/aromatic N) is 2. The molecule has 0 radical (unpaired) electrons. The van der Waals surface area contributed by atoms with Gasteiger partial charge in [-0.25, -0.2) is 4.79 Å². The zero-order valence-electron chi connectivity index (χ0n) is 13.0. The zero-order valence-corrected chi connectivity index (χ0v) is 13.8. The Morgan fingerprint density at radius 1 is 1.17 bits per heavy atom. The maximum absolute atomic E-state index is 12.7. The van der Waals surface area contributed by atoms with Crippen molar-refractivity contribution in [1.82, 2.24) is 4.90 Å². The largest absolute Gasteiger partial charge is 0.328 e. The minimum absolute atomic E-state index is 0.152. The molecule has 2 aromatic rings. The first-order valence-corrected chi connectivity index (χ1v) is 8.49. The van der Waals surface area contributed by atoms with Crippen molar-refractivity contribution in [3.05, 3.63) is 66.2 Å². The molecule has 0 bridgehead atoms. The molecule has 118 valence electrons. The molecule has 2 aromatic carbocycles. The third-order valence-electron chi connectivity index (χ3n) is 3.47. The van der Waals surface area contributed by atoms with Crippen LogP contribution in [0, 0.1) is 0 Å². The van der Waals surface area contributed by atoms with Crippen molar-refractivity contribution in [2.24, 2.45) is 4.99 Å². The van der Waals surface area contributed by atoms with Crippen LogP contribution >= 0.6 is 11.8 Å². The smallest absolute Gasteiger partial charge is 0.307 e. The lowest BCUT2D eigenvalue weighted by molar-refractivity contribution is 0.233. The van der Waals surface area contributed by atoms with Gasteiger partial charge in [-0.05, 0) is 17.7 Å². The van der Waals surface area contributed by atoms with Gasteiger partial charge in [0.05, 0.1) is 13.1 Å². The average Bonchev–Trinajstić information content (AvgIpc) is 3.00. The molecular weight excluding hydrogens is 306 g/mol. The summed E-state index contributed by atoms with van der Waals surface area (Å²) >= 11 is 1.65. The number of aliphatic imine (C=N–C) groups is 1. The summed E-state index contributed by atoms with van der Waals surface area (Å²) in [7, 11) is 0. The Labute approximate surface area is 140 Å². The van der Waals surface area contributed by atoms with Crippen molar-refractivity contribution in [3.8, 4) is 0 Å². The van der Waals surface area contributed by atoms with Crippen LogP contribution in [0.25, 0.3) is 0 Å². The van der Waals surface area contributed by atoms with E-state index in [2.05, 4.69) is 17.2 Å². The SMILES string of the molecule is C[C@@H]1CN=C(N(Cc2ccccc2)C(=O)Nc2ccccc2)S1. The number of carbonyl (C=O) groups is 1. The molecule has 1 aliphatic heterocycles. The lowest BCUT2D eigenvalue weighted by atomic mass is 10.2. The van der Waals surface area contributed by atoms with Crippen molar-refractivity contribution >= 4 is 28.6 Å². The molecule has 4 nitrogen and oxygen atoms in total. The van der Waals surface area contributed by atoms with Crippen LogP contribution in [0.4, 0.5) is 10.5 Å². The summed E-state index contributed by atoms with van der Waals surface area (Å²) in [4.78, 5) is 19.0. The van der Waals surface area contributed by atoms with E-state index in [4.69, 9.17) is 0 Å². The minimum atomic E-state index is -0.152. The third kappa shape index (κ3) is 4.13. The lowest BCUT2D eigenvalue weighted by Crippen LogP contribution is -2.37. The summed E-state index contributed by atoms with van der Waals surface area (Å²) in [6, 6.07) is 19.3. The van der Waals surface area contributed by atoms with Crippen LogP contribution in [-0.4, -0.2) is 27.9 Å². The molecule has 5 heteroatoms. The molecule has 0 fully saturated rings. The fraction of sp³-hybridized carbons (Fsp3) is 0.222. The van der Waals surface area contributed by atoms with Gasteiger partial charge in [0.25, 0.3) is 0 Å². The van der Waals surface area contributed by atoms with Gasteiger partial charge in [-0.15, -0.1) is 0 Å². The van der Waals surface area contributed by atoms with Crippen LogP contribution in [0.2, 0.25) is 0 Å². The van der Waals surface area contributed by atoms with E-state index in [1.165, 1.54) is 0 Å². The van der Waals surface area contributed by atoms with Crippen LogP contribution in [0.1, 0.15) is 12.5 Å². The van der Waals surface area contributed by atoms with E-state index in [1.54, 1.807) is 16.7 Å². The quantitative estimate of drug-likeness (QED) is 0.918. The number of urea groups is 1. The van der Waals surface area contributed by atoms with E-state index in [0.29, 0.717) is 11.8 Å². The van der Waals surface area contributed by atoms with Crippen LogP contribution < -0.4 is 5.32 Å². The second-order valence-electron chi connectivity index (χ2n) is 5.42. The molecule has 0 unspecified atom stereocenters. The summed E-state index contributed by atoms with van der Waals surface area (Å²) in [5, 5.41) is 4.14. The highest BCUT2D eigenvalue weighted by molar-refractivity contribution is 8.14. The van der Waals surface area contributed by atoms with Crippen LogP contribution in [0.5, 0.6) is 0 Å². The average molecular weight is 325 g/mol. The number of anilines is 1. The van der Waals surface area contributed by atoms with E-state index in [1.807, 2.05) is 60.7 Å². The van der Waals surface area contributed by atoms with Crippen molar-refractivity contribution in [2.45, 2.75) is 18.7 Å². The van der Waals surface area contributed by atoms with Crippen molar-refractivity contribution in [2.75, 3.05) is 11.9 Å². The Balaban J connectivity index is 1.78. The van der Waals surface area contributed by atoms with E-state index in [0.717, 1.165) is 23.0 Å². The van der Waals surface area contributed by atoms with E-state index < -0.39 is 0 Å². The van der Waals surface area contributed by atoms with Crippen LogP contribution in [-0.2, 0) is 6.54 Å². The molecular formula is C18H19N3OS. The molecule has 1 N–H and O–H groups in total. The van der Waals surface area contributed by atoms with E-state index in [9.17, 15) is 4.79 Å². The minimum Gasteiger partial charge on any atom is -0.307 e. The number of carbonyl (C=O) groups excluding carboxylic acids is 1. The molecule has 1 atom stereocenters. The normalized spacial score (nSPS) is 16.7. The van der Waals surface area contributed by atoms with Gasteiger partial charge < -0.3 is 5.32 Å². The van der Waals surface area contributed by atoms with Gasteiger partial charge in [-0.3, -0.25) is 9.89 Å². The Bertz CT molecular complexity index is 688. The number of thioether (sulfide) groups is 1. The van der Waals surface area contributed by atoms with Gasteiger partial charge >= 0.3 is 6.03 Å². The summed E-state index contributed by atoms with van der Waals surface area (Å²) < 4.78 is 0. The molecule has 0 aliphatic carbocycles. The summed E-state index contributed by atoms with van der Waals surface area (Å²) in [5.41, 5.74) is 1.87. The van der Waals surface area contributed by atoms with E-state index >= 15 is 0 Å². The number of para-hydroxylation sites is 1. The molecule has 0 saturated carbocycles. The van der Waals surface area contributed by atoms with E-state index in [-0.39, 0.29) is 6.03 Å². The molecule has 0 spiro atoms. The summed E-state index contributed by atoms with van der Waals surface area (Å²) in [6.07, 6.45) is 0. The Morgan fingerprint density at radius 2 is 1.83 bits per heavy atom. The Morgan fingerprint density at radius 3 is 2.43 bits per heavy atom. The lowest BCUT2D eigenvalue weighted by Gasteiger charge is -2.23. The van der Waals surface area contributed by atoms with Crippen molar-refractivity contribution in [1.29, 1.82) is 0 Å². The monoisotopic (exact) mass is 325 g/mol. The van der Waals surface area contributed by atoms with Crippen LogP contribution in [0.3, 0.4) is 0 Å². The van der Waals surface area contributed by atoms with Gasteiger partial charge in [0.15, 0.2) is 5.17 Å². The highest BCUT2D eigenvalue weighted by Crippen LogP contribution is 2.25. The Hall–Kier alpha value is -2.27. The topological polar surface area (TPSA) is 44.7 Å². The second kappa shape index (κ2) is 7.33. The molecule has 0 saturated heterocycles. The highest BCUT2D eigenvalue weighted by atomic mass is 32.2. The molecule has 0 aromatic heterocycles. The standard InChI is InChI=1S/C18H19N3OS/c1-14-12-19-18(23-14)21(13-15-8-4-2-5-9-15)17(22)20-16-10-6-3-7-11-16/h2-11,14H,12-13H2,1H3,(H,20,22)/t14-/m1/s1. The fourth-order valence-corrected chi connectivity index (χ4v) is 3.25. The van der Waals surface area contributed by atoms with Crippen LogP contribution in [0.15, 0.2) is 65.7 Å². The number of amides is 2. The maximum Gasteiger partial charge on any atom is 0.328 e. The summed E-state index contributed by atoms with van der Waals surface area (Å²) in [5.74, 6) is 0. The van der Waals surface area contributed by atoms with Crippen molar-refractivity contribution in [3.63, 3.8) is 0 Å². The third-order valence-corrected chi connectivity index (χ3v) is 4.59. The molecule has 1 aliphatic rings. The Kier molecular flexibility index (Phi) is 4.98. The maximum atomic E-state index is 12.7. The van der Waals surface area contributed by atoms with Crippen molar-refractivity contribution < 1.29 is 4.79 Å². The number of benzene rings is 2. The first-order valence-electron chi connectivity index (χ1n) is 7.61. The number of hydrogen-bond donors (Lipinski definition) is 1. The second-order valence-corrected chi connectivity index (χ2v) is 6.83. The van der Waals surface area contributed by atoms with Gasteiger partial charge in [0.2, 0.25) is 0 Å². The summed E-state index contributed by atoms with van der Waals surface area (Å²) in [6.45, 7) is 3.39. The number of amidine groups is 1.